The Kier molecular flexibility index (Phi) is 3.51. The average molecular weight is 246 g/mol. The van der Waals surface area contributed by atoms with E-state index in [0.29, 0.717) is 0 Å². The van der Waals surface area contributed by atoms with Crippen molar-refractivity contribution in [3.05, 3.63) is 0 Å². The molecule has 2 atom stereocenters. The first kappa shape index (κ1) is 12.2. The van der Waals surface area contributed by atoms with Gasteiger partial charge < -0.3 is 14.6 Å². The van der Waals surface area contributed by atoms with E-state index in [2.05, 4.69) is 4.74 Å². The normalized spacial score (nSPS) is 29.8. The van der Waals surface area contributed by atoms with Crippen molar-refractivity contribution in [1.29, 1.82) is 0 Å². The molecular weight excluding hydrogens is 226 g/mol. The number of aliphatic hydroxyl groups is 1. The maximum atomic E-state index is 11.9. The molecule has 98 valence electrons. The van der Waals surface area contributed by atoms with Crippen LogP contribution >= 0.6 is 0 Å². The van der Waals surface area contributed by atoms with Crippen molar-refractivity contribution in [2.75, 3.05) is 13.7 Å². The van der Waals surface area contributed by atoms with Crippen LogP contribution in [0.5, 0.6) is 0 Å². The largest absolute Gasteiger partial charge is 0.467 e. The van der Waals surface area contributed by atoms with E-state index in [1.807, 2.05) is 0 Å². The van der Waals surface area contributed by atoms with E-state index < -0.39 is 29.8 Å². The standard InChI is InChI=1S/C11H19NO5/c1-11(2,3)17-10(15)12-6-7(13)5-8(12)9(14)16-4/h7-8,13H,5-6H2,1-4H3/t7-,8+/m1/s1/i7D. The van der Waals surface area contributed by atoms with Gasteiger partial charge in [-0.15, -0.1) is 0 Å². The molecule has 1 heterocycles. The van der Waals surface area contributed by atoms with Gasteiger partial charge in [-0.2, -0.15) is 0 Å². The monoisotopic (exact) mass is 246 g/mol. The summed E-state index contributed by atoms with van der Waals surface area (Å²) in [4.78, 5) is 24.4. The number of carbonyl (C=O) groups is 2. The number of esters is 1. The topological polar surface area (TPSA) is 76.1 Å². The van der Waals surface area contributed by atoms with Gasteiger partial charge in [-0.05, 0) is 20.8 Å². The van der Waals surface area contributed by atoms with Crippen molar-refractivity contribution < 1.29 is 25.5 Å². The van der Waals surface area contributed by atoms with E-state index in [1.54, 1.807) is 20.8 Å². The lowest BCUT2D eigenvalue weighted by atomic mass is 10.2. The minimum atomic E-state index is -1.85. The van der Waals surface area contributed by atoms with Gasteiger partial charge in [0, 0.05) is 6.42 Å². The maximum Gasteiger partial charge on any atom is 0.411 e. The molecule has 1 fully saturated rings. The third-order valence-electron chi connectivity index (χ3n) is 2.26. The fraction of sp³-hybridized carbons (Fsp3) is 0.818. The van der Waals surface area contributed by atoms with Crippen molar-refractivity contribution in [2.45, 2.75) is 44.9 Å². The van der Waals surface area contributed by atoms with Crippen LogP contribution < -0.4 is 0 Å². The second kappa shape index (κ2) is 4.91. The molecule has 6 heteroatoms. The van der Waals surface area contributed by atoms with Gasteiger partial charge in [0.25, 0.3) is 0 Å². The summed E-state index contributed by atoms with van der Waals surface area (Å²) in [5.41, 5.74) is -0.708. The number of amides is 1. The number of nitrogens with zero attached hydrogens (tertiary/aromatic N) is 1. The first-order valence-corrected chi connectivity index (χ1v) is 5.35. The predicted octanol–water partition coefficient (Wildman–Crippen LogP) is 0.530. The number of β-amino-alcohol motifs (C(OH)–C–C–N with tert-alkyl or cyclic N) is 1. The molecule has 0 aliphatic carbocycles. The van der Waals surface area contributed by atoms with Gasteiger partial charge in [0.15, 0.2) is 0 Å². The van der Waals surface area contributed by atoms with Crippen LogP contribution in [0.25, 0.3) is 0 Å². The molecule has 6 nitrogen and oxygen atoms in total. The Hall–Kier alpha value is -1.30. The molecule has 1 amide bonds. The van der Waals surface area contributed by atoms with Crippen LogP contribution in [0.1, 0.15) is 28.6 Å². The van der Waals surface area contributed by atoms with E-state index in [-0.39, 0.29) is 13.0 Å². The lowest BCUT2D eigenvalue weighted by Gasteiger charge is -2.27. The highest BCUT2D eigenvalue weighted by Crippen LogP contribution is 2.22. The Morgan fingerprint density at radius 1 is 1.47 bits per heavy atom. The number of hydrogen-bond acceptors (Lipinski definition) is 5. The molecule has 1 N–H and O–H groups in total. The van der Waals surface area contributed by atoms with Crippen LogP contribution in [0, 0.1) is 0 Å². The molecular formula is C11H19NO5. The molecule has 0 spiro atoms. The Labute approximate surface area is 102 Å². The number of methoxy groups -OCH3 is 1. The third kappa shape index (κ3) is 3.59. The van der Waals surface area contributed by atoms with Crippen molar-refractivity contribution >= 4 is 12.1 Å². The molecule has 0 aromatic carbocycles. The number of carbonyl (C=O) groups excluding carboxylic acids is 2. The van der Waals surface area contributed by atoms with Gasteiger partial charge >= 0.3 is 12.1 Å². The fourth-order valence-corrected chi connectivity index (χ4v) is 1.56. The van der Waals surface area contributed by atoms with Gasteiger partial charge in [-0.1, -0.05) is 0 Å². The van der Waals surface area contributed by atoms with E-state index in [4.69, 9.17) is 6.11 Å². The number of likely N-dealkylation sites (tertiary alicyclic amines) is 1. The minimum Gasteiger partial charge on any atom is -0.467 e. The van der Waals surface area contributed by atoms with Crippen molar-refractivity contribution in [3.63, 3.8) is 0 Å². The first-order chi connectivity index (χ1) is 8.06. The SMILES string of the molecule is [2H][C@@]1(O)C[C@@H](C(=O)OC)N(C(=O)OC(C)(C)C)C1. The van der Waals surface area contributed by atoms with Crippen LogP contribution in [0.3, 0.4) is 0 Å². The van der Waals surface area contributed by atoms with Crippen LogP contribution in [-0.4, -0.2) is 53.4 Å². The summed E-state index contributed by atoms with van der Waals surface area (Å²) in [6.07, 6.45) is -2.77. The van der Waals surface area contributed by atoms with E-state index in [0.717, 1.165) is 4.90 Å². The molecule has 1 saturated heterocycles. The Morgan fingerprint density at radius 3 is 2.53 bits per heavy atom. The zero-order chi connectivity index (χ0) is 14.1. The van der Waals surface area contributed by atoms with Crippen molar-refractivity contribution in [2.24, 2.45) is 0 Å². The zero-order valence-electron chi connectivity index (χ0n) is 11.5. The van der Waals surface area contributed by atoms with Crippen molar-refractivity contribution in [3.8, 4) is 0 Å². The average Bonchev–Trinajstić information content (AvgIpc) is 2.51. The molecule has 17 heavy (non-hydrogen) atoms. The molecule has 0 bridgehead atoms. The molecule has 0 radical (unpaired) electrons. The number of hydrogen-bond donors (Lipinski definition) is 1. The number of ether oxygens (including phenoxy) is 2. The molecule has 1 aliphatic rings. The molecule has 1 rings (SSSR count). The fourth-order valence-electron chi connectivity index (χ4n) is 1.56. The van der Waals surface area contributed by atoms with Gasteiger partial charge in [-0.25, -0.2) is 9.59 Å². The Balaban J connectivity index is 2.84. The minimum absolute atomic E-state index is 0.182. The Bertz CT molecular complexity index is 350. The molecule has 0 unspecified atom stereocenters. The number of rotatable bonds is 1. The smallest absolute Gasteiger partial charge is 0.411 e. The molecule has 1 aliphatic heterocycles. The van der Waals surface area contributed by atoms with E-state index in [1.165, 1.54) is 7.11 Å². The highest BCUT2D eigenvalue weighted by molar-refractivity contribution is 5.82. The highest BCUT2D eigenvalue weighted by atomic mass is 16.6. The summed E-state index contributed by atoms with van der Waals surface area (Å²) >= 11 is 0. The summed E-state index contributed by atoms with van der Waals surface area (Å²) in [7, 11) is 1.19. The zero-order valence-corrected chi connectivity index (χ0v) is 10.5. The van der Waals surface area contributed by atoms with E-state index in [9.17, 15) is 14.7 Å². The second-order valence-electron chi connectivity index (χ2n) is 4.92. The van der Waals surface area contributed by atoms with Crippen molar-refractivity contribution in [1.82, 2.24) is 4.90 Å². The summed E-state index contributed by atoms with van der Waals surface area (Å²) in [6, 6.07) is -0.979. The lowest BCUT2D eigenvalue weighted by molar-refractivity contribution is -0.145. The van der Waals surface area contributed by atoms with E-state index >= 15 is 0 Å². The van der Waals surface area contributed by atoms with Gasteiger partial charge in [0.1, 0.15) is 11.6 Å². The summed E-state index contributed by atoms with van der Waals surface area (Å²) in [5.74, 6) is -0.663. The lowest BCUT2D eigenvalue weighted by Crippen LogP contribution is -2.43. The quantitative estimate of drug-likeness (QED) is 0.683. The molecule has 0 aromatic heterocycles. The first-order valence-electron chi connectivity index (χ1n) is 5.85. The summed E-state index contributed by atoms with van der Waals surface area (Å²) < 4.78 is 17.2. The van der Waals surface area contributed by atoms with Crippen LogP contribution in [0.4, 0.5) is 4.79 Å². The second-order valence-corrected chi connectivity index (χ2v) is 4.92. The van der Waals surface area contributed by atoms with Crippen LogP contribution in [0.15, 0.2) is 0 Å². The summed E-state index contributed by atoms with van der Waals surface area (Å²) in [5, 5.41) is 9.64. The van der Waals surface area contributed by atoms with Crippen LogP contribution in [0.2, 0.25) is 0 Å². The van der Waals surface area contributed by atoms with Crippen LogP contribution in [-0.2, 0) is 14.3 Å². The maximum absolute atomic E-state index is 11.9. The Morgan fingerprint density at radius 2 is 2.06 bits per heavy atom. The highest BCUT2D eigenvalue weighted by Gasteiger charge is 2.41. The predicted molar refractivity (Wildman–Crippen MR) is 59.4 cm³/mol. The molecule has 0 aromatic rings. The third-order valence-corrected chi connectivity index (χ3v) is 2.26. The summed E-state index contributed by atoms with van der Waals surface area (Å²) in [6.45, 7) is 4.81. The van der Waals surface area contributed by atoms with Gasteiger partial charge in [-0.3, -0.25) is 4.90 Å². The van der Waals surface area contributed by atoms with Gasteiger partial charge in [0.05, 0.1) is 21.1 Å². The van der Waals surface area contributed by atoms with Gasteiger partial charge in [0.2, 0.25) is 0 Å². The molecule has 0 saturated carbocycles.